The standard InChI is InChI=1S/C15H30N4O3S/c1-3-14(18-8-4-5-9-18)12-16-15(20)19-10-6-13(7-11-19)17-23(2,21)22/h13-14,17H,3-12H2,1-2H3,(H,16,20)/t14-/m0/s1. The van der Waals surface area contributed by atoms with E-state index >= 15 is 0 Å². The summed E-state index contributed by atoms with van der Waals surface area (Å²) < 4.78 is 25.1. The zero-order valence-electron chi connectivity index (χ0n) is 14.3. The number of hydrogen-bond acceptors (Lipinski definition) is 4. The molecule has 0 aromatic carbocycles. The minimum absolute atomic E-state index is 0.0274. The normalized spacial score (nSPS) is 22.3. The molecule has 2 heterocycles. The number of sulfonamides is 1. The highest BCUT2D eigenvalue weighted by molar-refractivity contribution is 7.88. The van der Waals surface area contributed by atoms with E-state index in [2.05, 4.69) is 21.9 Å². The molecule has 2 saturated heterocycles. The van der Waals surface area contributed by atoms with Crippen molar-refractivity contribution in [3.05, 3.63) is 0 Å². The maximum atomic E-state index is 12.3. The Labute approximate surface area is 139 Å². The van der Waals surface area contributed by atoms with E-state index in [1.54, 1.807) is 4.90 Å². The van der Waals surface area contributed by atoms with E-state index in [9.17, 15) is 13.2 Å². The van der Waals surface area contributed by atoms with Crippen molar-refractivity contribution in [2.24, 2.45) is 0 Å². The third-order valence-electron chi connectivity index (χ3n) is 4.78. The van der Waals surface area contributed by atoms with Gasteiger partial charge in [0.2, 0.25) is 10.0 Å². The molecule has 0 saturated carbocycles. The fraction of sp³-hybridized carbons (Fsp3) is 0.933. The Kier molecular flexibility index (Phi) is 6.67. The van der Waals surface area contributed by atoms with Crippen molar-refractivity contribution in [2.75, 3.05) is 39.0 Å². The molecular formula is C15H30N4O3S. The number of rotatable bonds is 6. The second-order valence-corrected chi connectivity index (χ2v) is 8.42. The Morgan fingerprint density at radius 2 is 1.78 bits per heavy atom. The van der Waals surface area contributed by atoms with E-state index in [4.69, 9.17) is 0 Å². The zero-order chi connectivity index (χ0) is 16.9. The maximum absolute atomic E-state index is 12.3. The lowest BCUT2D eigenvalue weighted by atomic mass is 10.1. The maximum Gasteiger partial charge on any atom is 0.317 e. The highest BCUT2D eigenvalue weighted by Gasteiger charge is 2.26. The first kappa shape index (κ1) is 18.5. The Morgan fingerprint density at radius 3 is 2.30 bits per heavy atom. The minimum Gasteiger partial charge on any atom is -0.336 e. The third kappa shape index (κ3) is 5.93. The van der Waals surface area contributed by atoms with Crippen LogP contribution in [0.1, 0.15) is 39.0 Å². The van der Waals surface area contributed by atoms with Gasteiger partial charge in [-0.05, 0) is 45.2 Å². The van der Waals surface area contributed by atoms with E-state index < -0.39 is 10.0 Å². The Morgan fingerprint density at radius 1 is 1.17 bits per heavy atom. The summed E-state index contributed by atoms with van der Waals surface area (Å²) in [5.41, 5.74) is 0. The predicted octanol–water partition coefficient (Wildman–Crippen LogP) is 0.584. The number of piperidine rings is 1. The van der Waals surface area contributed by atoms with Gasteiger partial charge in [0.1, 0.15) is 0 Å². The number of carbonyl (C=O) groups excluding carboxylic acids is 1. The van der Waals surface area contributed by atoms with Gasteiger partial charge in [0, 0.05) is 31.7 Å². The van der Waals surface area contributed by atoms with Gasteiger partial charge in [-0.2, -0.15) is 0 Å². The molecular weight excluding hydrogens is 316 g/mol. The Hall–Kier alpha value is -0.860. The van der Waals surface area contributed by atoms with Gasteiger partial charge < -0.3 is 10.2 Å². The molecule has 2 aliphatic rings. The summed E-state index contributed by atoms with van der Waals surface area (Å²) >= 11 is 0. The van der Waals surface area contributed by atoms with Crippen molar-refractivity contribution >= 4 is 16.1 Å². The molecule has 8 heteroatoms. The predicted molar refractivity (Wildman–Crippen MR) is 90.9 cm³/mol. The minimum atomic E-state index is -3.17. The van der Waals surface area contributed by atoms with Crippen LogP contribution in [0.5, 0.6) is 0 Å². The summed E-state index contributed by atoms with van der Waals surface area (Å²) in [6, 6.07) is 0.341. The van der Waals surface area contributed by atoms with Crippen LogP contribution in [0.15, 0.2) is 0 Å². The molecule has 1 atom stereocenters. The van der Waals surface area contributed by atoms with Gasteiger partial charge in [0.15, 0.2) is 0 Å². The van der Waals surface area contributed by atoms with Gasteiger partial charge in [-0.25, -0.2) is 17.9 Å². The largest absolute Gasteiger partial charge is 0.336 e. The molecule has 0 aliphatic carbocycles. The van der Waals surface area contributed by atoms with Crippen LogP contribution in [0.3, 0.4) is 0 Å². The number of amides is 2. The number of hydrogen-bond donors (Lipinski definition) is 2. The Balaban J connectivity index is 1.72. The molecule has 23 heavy (non-hydrogen) atoms. The van der Waals surface area contributed by atoms with Crippen LogP contribution in [-0.2, 0) is 10.0 Å². The first-order valence-electron chi connectivity index (χ1n) is 8.63. The van der Waals surface area contributed by atoms with Crippen LogP contribution in [0.25, 0.3) is 0 Å². The van der Waals surface area contributed by atoms with E-state index in [1.165, 1.54) is 19.1 Å². The summed E-state index contributed by atoms with van der Waals surface area (Å²) in [6.45, 7) is 6.32. The van der Waals surface area contributed by atoms with Crippen LogP contribution in [0.2, 0.25) is 0 Å². The summed E-state index contributed by atoms with van der Waals surface area (Å²) in [5.74, 6) is 0. The van der Waals surface area contributed by atoms with E-state index in [1.807, 2.05) is 0 Å². The second-order valence-electron chi connectivity index (χ2n) is 6.64. The molecule has 2 rings (SSSR count). The smallest absolute Gasteiger partial charge is 0.317 e. The quantitative estimate of drug-likeness (QED) is 0.737. The van der Waals surface area contributed by atoms with Gasteiger partial charge in [-0.15, -0.1) is 0 Å². The highest BCUT2D eigenvalue weighted by Crippen LogP contribution is 2.14. The summed E-state index contributed by atoms with van der Waals surface area (Å²) in [5, 5.41) is 3.05. The summed E-state index contributed by atoms with van der Waals surface area (Å²) in [7, 11) is -3.17. The lowest BCUT2D eigenvalue weighted by Crippen LogP contribution is -2.51. The average molecular weight is 346 g/mol. The molecule has 2 N–H and O–H groups in total. The average Bonchev–Trinajstić information content (AvgIpc) is 3.01. The van der Waals surface area contributed by atoms with Gasteiger partial charge in [-0.1, -0.05) is 6.92 Å². The number of carbonyl (C=O) groups is 1. The second kappa shape index (κ2) is 8.30. The zero-order valence-corrected chi connectivity index (χ0v) is 15.1. The molecule has 2 aliphatic heterocycles. The SMILES string of the molecule is CC[C@@H](CNC(=O)N1CCC(NS(C)(=O)=O)CC1)N1CCCC1. The lowest BCUT2D eigenvalue weighted by molar-refractivity contribution is 0.172. The summed E-state index contributed by atoms with van der Waals surface area (Å²) in [4.78, 5) is 16.5. The molecule has 2 fully saturated rings. The molecule has 0 radical (unpaired) electrons. The molecule has 0 aromatic rings. The first-order valence-corrected chi connectivity index (χ1v) is 10.5. The molecule has 2 amide bonds. The van der Waals surface area contributed by atoms with Gasteiger partial charge in [0.05, 0.1) is 6.26 Å². The monoisotopic (exact) mass is 346 g/mol. The molecule has 0 aromatic heterocycles. The van der Waals surface area contributed by atoms with Crippen molar-refractivity contribution in [1.82, 2.24) is 19.8 Å². The van der Waals surface area contributed by atoms with Crippen LogP contribution >= 0.6 is 0 Å². The first-order chi connectivity index (χ1) is 10.9. The molecule has 0 spiro atoms. The molecule has 0 bridgehead atoms. The highest BCUT2D eigenvalue weighted by atomic mass is 32.2. The van der Waals surface area contributed by atoms with Crippen LogP contribution in [0.4, 0.5) is 4.79 Å². The van der Waals surface area contributed by atoms with E-state index in [-0.39, 0.29) is 12.1 Å². The van der Waals surface area contributed by atoms with Gasteiger partial charge >= 0.3 is 6.03 Å². The van der Waals surface area contributed by atoms with Crippen molar-refractivity contribution in [1.29, 1.82) is 0 Å². The lowest BCUT2D eigenvalue weighted by Gasteiger charge is -2.33. The van der Waals surface area contributed by atoms with Crippen molar-refractivity contribution < 1.29 is 13.2 Å². The number of nitrogens with one attached hydrogen (secondary N) is 2. The Bertz CT molecular complexity index is 483. The number of urea groups is 1. The molecule has 7 nitrogen and oxygen atoms in total. The topological polar surface area (TPSA) is 81.8 Å². The van der Waals surface area contributed by atoms with Crippen molar-refractivity contribution in [3.63, 3.8) is 0 Å². The van der Waals surface area contributed by atoms with E-state index in [0.717, 1.165) is 19.5 Å². The number of nitrogens with zero attached hydrogens (tertiary/aromatic N) is 2. The van der Waals surface area contributed by atoms with Crippen molar-refractivity contribution in [2.45, 2.75) is 51.1 Å². The van der Waals surface area contributed by atoms with Crippen LogP contribution in [-0.4, -0.2) is 75.3 Å². The van der Waals surface area contributed by atoms with E-state index in [0.29, 0.717) is 38.5 Å². The third-order valence-corrected chi connectivity index (χ3v) is 5.54. The number of likely N-dealkylation sites (tertiary alicyclic amines) is 2. The van der Waals surface area contributed by atoms with Gasteiger partial charge in [0.25, 0.3) is 0 Å². The van der Waals surface area contributed by atoms with Crippen LogP contribution in [0, 0.1) is 0 Å². The molecule has 0 unspecified atom stereocenters. The van der Waals surface area contributed by atoms with Crippen LogP contribution < -0.4 is 10.0 Å². The summed E-state index contributed by atoms with van der Waals surface area (Å²) in [6.07, 6.45) is 6.07. The molecule has 134 valence electrons. The fourth-order valence-electron chi connectivity index (χ4n) is 3.46. The fourth-order valence-corrected chi connectivity index (χ4v) is 4.30. The van der Waals surface area contributed by atoms with Crippen molar-refractivity contribution in [3.8, 4) is 0 Å². The van der Waals surface area contributed by atoms with Gasteiger partial charge in [-0.3, -0.25) is 4.90 Å².